The summed E-state index contributed by atoms with van der Waals surface area (Å²) in [6.07, 6.45) is -4.53. The predicted molar refractivity (Wildman–Crippen MR) is 86.7 cm³/mol. The first-order valence-electron chi connectivity index (χ1n) is 7.28. The van der Waals surface area contributed by atoms with Crippen molar-refractivity contribution in [2.45, 2.75) is 6.18 Å². The summed E-state index contributed by atoms with van der Waals surface area (Å²) in [6, 6.07) is 10.3. The van der Waals surface area contributed by atoms with Crippen LogP contribution in [0.1, 0.15) is 10.6 Å². The van der Waals surface area contributed by atoms with E-state index in [4.69, 9.17) is 4.42 Å². The number of halogens is 3. The molecule has 0 atom stereocenters. The maximum Gasteiger partial charge on any atom is 0.405 e. The fourth-order valence-electron chi connectivity index (χ4n) is 1.99. The SMILES string of the molecule is O=C(COC(=O)c1ccc(-c2nc3ccccc3s2)o1)NCC(F)(F)F. The lowest BCUT2D eigenvalue weighted by molar-refractivity contribution is -0.140. The molecule has 0 fully saturated rings. The standard InChI is InChI=1S/C16H11F3N2O4S/c17-16(18,19)8-20-13(22)7-24-15(23)11-6-5-10(25-11)14-21-9-3-1-2-4-12(9)26-14/h1-6H,7-8H2,(H,20,22). The van der Waals surface area contributed by atoms with Gasteiger partial charge in [-0.25, -0.2) is 9.78 Å². The third-order valence-corrected chi connectivity index (χ3v) is 4.18. The number of thiazole rings is 1. The molecule has 1 amide bonds. The lowest BCUT2D eigenvalue weighted by Crippen LogP contribution is -2.36. The van der Waals surface area contributed by atoms with Gasteiger partial charge in [-0.1, -0.05) is 12.1 Å². The average Bonchev–Trinajstić information content (AvgIpc) is 3.23. The second-order valence-corrected chi connectivity index (χ2v) is 6.15. The van der Waals surface area contributed by atoms with Crippen LogP contribution in [0.15, 0.2) is 40.8 Å². The van der Waals surface area contributed by atoms with E-state index < -0.39 is 31.2 Å². The van der Waals surface area contributed by atoms with E-state index >= 15 is 0 Å². The van der Waals surface area contributed by atoms with Crippen molar-refractivity contribution in [3.05, 3.63) is 42.2 Å². The number of alkyl halides is 3. The Morgan fingerprint density at radius 1 is 1.19 bits per heavy atom. The summed E-state index contributed by atoms with van der Waals surface area (Å²) in [5, 5.41) is 2.16. The van der Waals surface area contributed by atoms with E-state index in [1.165, 1.54) is 23.5 Å². The van der Waals surface area contributed by atoms with Gasteiger partial charge in [0, 0.05) is 0 Å². The normalized spacial score (nSPS) is 11.5. The number of amides is 1. The summed E-state index contributed by atoms with van der Waals surface area (Å²) in [6.45, 7) is -2.34. The number of carbonyl (C=O) groups is 2. The first-order chi connectivity index (χ1) is 12.3. The van der Waals surface area contributed by atoms with E-state index in [0.29, 0.717) is 10.8 Å². The Hall–Kier alpha value is -2.88. The maximum atomic E-state index is 12.0. The monoisotopic (exact) mass is 384 g/mol. The molecule has 10 heteroatoms. The molecule has 0 aliphatic heterocycles. The van der Waals surface area contributed by atoms with Gasteiger partial charge in [-0.05, 0) is 24.3 Å². The van der Waals surface area contributed by atoms with E-state index in [2.05, 4.69) is 9.72 Å². The van der Waals surface area contributed by atoms with Crippen molar-refractivity contribution in [1.82, 2.24) is 10.3 Å². The second-order valence-electron chi connectivity index (χ2n) is 5.12. The van der Waals surface area contributed by atoms with Crippen molar-refractivity contribution in [2.75, 3.05) is 13.2 Å². The Morgan fingerprint density at radius 2 is 1.96 bits per heavy atom. The Bertz CT molecular complexity index is 915. The van der Waals surface area contributed by atoms with E-state index in [1.807, 2.05) is 24.3 Å². The number of hydrogen-bond donors (Lipinski definition) is 1. The molecule has 136 valence electrons. The molecule has 0 aliphatic carbocycles. The summed E-state index contributed by atoms with van der Waals surface area (Å²) in [4.78, 5) is 27.4. The zero-order valence-electron chi connectivity index (χ0n) is 13.0. The Morgan fingerprint density at radius 3 is 2.69 bits per heavy atom. The highest BCUT2D eigenvalue weighted by atomic mass is 32.1. The molecule has 0 radical (unpaired) electrons. The molecule has 2 heterocycles. The summed E-state index contributed by atoms with van der Waals surface area (Å²) in [5.41, 5.74) is 0.786. The molecule has 0 bridgehead atoms. The largest absolute Gasteiger partial charge is 0.450 e. The van der Waals surface area contributed by atoms with Crippen LogP contribution in [0.4, 0.5) is 13.2 Å². The van der Waals surface area contributed by atoms with Crippen molar-refractivity contribution in [3.63, 3.8) is 0 Å². The number of carbonyl (C=O) groups excluding carboxylic acids is 2. The number of rotatable bonds is 5. The predicted octanol–water partition coefficient (Wildman–Crippen LogP) is 3.39. The smallest absolute Gasteiger partial charge is 0.405 e. The van der Waals surface area contributed by atoms with Crippen molar-refractivity contribution < 1.29 is 31.9 Å². The molecule has 3 rings (SSSR count). The van der Waals surface area contributed by atoms with Crippen LogP contribution in [0.5, 0.6) is 0 Å². The minimum Gasteiger partial charge on any atom is -0.450 e. The molecule has 0 unspecified atom stereocenters. The van der Waals surface area contributed by atoms with Crippen LogP contribution >= 0.6 is 11.3 Å². The maximum absolute atomic E-state index is 12.0. The molecule has 1 aromatic carbocycles. The van der Waals surface area contributed by atoms with Crippen LogP contribution in [0.2, 0.25) is 0 Å². The summed E-state index contributed by atoms with van der Waals surface area (Å²) in [5.74, 6) is -1.85. The third-order valence-electron chi connectivity index (χ3n) is 3.13. The third kappa shape index (κ3) is 4.39. The quantitative estimate of drug-likeness (QED) is 0.682. The second kappa shape index (κ2) is 7.16. The zero-order valence-corrected chi connectivity index (χ0v) is 13.8. The number of hydrogen-bond acceptors (Lipinski definition) is 6. The van der Waals surface area contributed by atoms with Crippen LogP contribution in [-0.4, -0.2) is 36.2 Å². The van der Waals surface area contributed by atoms with Crippen LogP contribution in [0.3, 0.4) is 0 Å². The minimum absolute atomic E-state index is 0.178. The molecule has 6 nitrogen and oxygen atoms in total. The highest BCUT2D eigenvalue weighted by molar-refractivity contribution is 7.21. The lowest BCUT2D eigenvalue weighted by atomic mass is 10.3. The Balaban J connectivity index is 1.60. The van der Waals surface area contributed by atoms with E-state index in [0.717, 1.165) is 10.2 Å². The van der Waals surface area contributed by atoms with Gasteiger partial charge >= 0.3 is 12.1 Å². The average molecular weight is 384 g/mol. The highest BCUT2D eigenvalue weighted by Crippen LogP contribution is 2.31. The number of benzene rings is 1. The summed E-state index contributed by atoms with van der Waals surface area (Å²) >= 11 is 1.37. The van der Waals surface area contributed by atoms with Gasteiger partial charge in [-0.3, -0.25) is 4.79 Å². The van der Waals surface area contributed by atoms with Gasteiger partial charge in [-0.2, -0.15) is 13.2 Å². The molecule has 2 aromatic heterocycles. The molecule has 1 N–H and O–H groups in total. The first-order valence-corrected chi connectivity index (χ1v) is 8.10. The van der Waals surface area contributed by atoms with E-state index in [1.54, 1.807) is 5.32 Å². The molecular formula is C16H11F3N2O4S. The van der Waals surface area contributed by atoms with E-state index in [9.17, 15) is 22.8 Å². The number of aromatic nitrogens is 1. The fourth-order valence-corrected chi connectivity index (χ4v) is 2.92. The molecule has 26 heavy (non-hydrogen) atoms. The van der Waals surface area contributed by atoms with Gasteiger partial charge in [0.2, 0.25) is 5.76 Å². The van der Waals surface area contributed by atoms with Crippen molar-refractivity contribution in [3.8, 4) is 10.8 Å². The molecule has 0 saturated heterocycles. The van der Waals surface area contributed by atoms with Crippen LogP contribution in [-0.2, 0) is 9.53 Å². The Labute approximate surface area is 148 Å². The van der Waals surface area contributed by atoms with Gasteiger partial charge in [0.05, 0.1) is 10.2 Å². The number of nitrogens with zero attached hydrogens (tertiary/aromatic N) is 1. The highest BCUT2D eigenvalue weighted by Gasteiger charge is 2.28. The van der Waals surface area contributed by atoms with Crippen LogP contribution in [0.25, 0.3) is 21.0 Å². The van der Waals surface area contributed by atoms with Gasteiger partial charge in [0.1, 0.15) is 6.54 Å². The van der Waals surface area contributed by atoms with Gasteiger partial charge in [0.25, 0.3) is 5.91 Å². The number of ether oxygens (including phenoxy) is 1. The lowest BCUT2D eigenvalue weighted by Gasteiger charge is -2.08. The van der Waals surface area contributed by atoms with Crippen molar-refractivity contribution in [2.24, 2.45) is 0 Å². The number of nitrogens with one attached hydrogen (secondary N) is 1. The number of furan rings is 1. The van der Waals surface area contributed by atoms with Gasteiger partial charge in [0.15, 0.2) is 17.4 Å². The molecule has 0 aliphatic rings. The summed E-state index contributed by atoms with van der Waals surface area (Å²) < 4.78 is 46.9. The topological polar surface area (TPSA) is 81.4 Å². The van der Waals surface area contributed by atoms with Crippen LogP contribution in [0, 0.1) is 0 Å². The first kappa shape index (κ1) is 17.9. The number of esters is 1. The van der Waals surface area contributed by atoms with Crippen LogP contribution < -0.4 is 5.32 Å². The molecular weight excluding hydrogens is 373 g/mol. The van der Waals surface area contributed by atoms with Crippen molar-refractivity contribution >= 4 is 33.4 Å². The van der Waals surface area contributed by atoms with Gasteiger partial charge < -0.3 is 14.5 Å². The fraction of sp³-hybridized carbons (Fsp3) is 0.188. The van der Waals surface area contributed by atoms with E-state index in [-0.39, 0.29) is 5.76 Å². The minimum atomic E-state index is -4.53. The molecule has 0 saturated carbocycles. The number of fused-ring (bicyclic) bond motifs is 1. The zero-order chi connectivity index (χ0) is 18.7. The van der Waals surface area contributed by atoms with Crippen molar-refractivity contribution in [1.29, 1.82) is 0 Å². The van der Waals surface area contributed by atoms with Gasteiger partial charge in [-0.15, -0.1) is 11.3 Å². The Kier molecular flexibility index (Phi) is 4.94. The molecule has 3 aromatic rings. The molecule has 0 spiro atoms. The summed E-state index contributed by atoms with van der Waals surface area (Å²) in [7, 11) is 0. The number of para-hydroxylation sites is 1.